The minimum Gasteiger partial charge on any atom is -0.477 e. The average molecular weight is 233 g/mol. The number of thiazole rings is 1. The molecular formula is C7H7NO4S2. The molecular weight excluding hydrogens is 226 g/mol. The van der Waals surface area contributed by atoms with Crippen LogP contribution in [0.2, 0.25) is 0 Å². The summed E-state index contributed by atoms with van der Waals surface area (Å²) in [4.78, 5) is 13.7. The zero-order chi connectivity index (χ0) is 10.8. The smallest absolute Gasteiger partial charge is 0.347 e. The van der Waals surface area contributed by atoms with E-state index in [1.54, 1.807) is 5.38 Å². The Morgan fingerprint density at radius 3 is 2.64 bits per heavy atom. The summed E-state index contributed by atoms with van der Waals surface area (Å²) in [7, 11) is -3.71. The number of carboxylic acid groups (broad SMARTS) is 1. The number of nitrogens with zero attached hydrogens (tertiary/aromatic N) is 1. The molecule has 0 atom stereocenters. The molecule has 0 spiro atoms. The molecule has 0 amide bonds. The van der Waals surface area contributed by atoms with Crippen molar-refractivity contribution < 1.29 is 18.3 Å². The summed E-state index contributed by atoms with van der Waals surface area (Å²) in [6.45, 7) is 0. The molecule has 7 heteroatoms. The highest BCUT2D eigenvalue weighted by Crippen LogP contribution is 2.13. The minimum absolute atomic E-state index is 0.354. The van der Waals surface area contributed by atoms with Crippen LogP contribution in [-0.4, -0.2) is 30.7 Å². The van der Waals surface area contributed by atoms with Gasteiger partial charge in [0.2, 0.25) is 0 Å². The Kier molecular flexibility index (Phi) is 3.02. The van der Waals surface area contributed by atoms with Gasteiger partial charge in [-0.15, -0.1) is 11.3 Å². The van der Waals surface area contributed by atoms with Crippen molar-refractivity contribution in [1.82, 2.24) is 4.98 Å². The molecule has 0 aliphatic rings. The molecule has 0 radical (unpaired) electrons. The van der Waals surface area contributed by atoms with Crippen LogP contribution in [-0.2, 0) is 14.6 Å². The minimum atomic E-state index is -3.71. The highest BCUT2D eigenvalue weighted by atomic mass is 32.2. The molecule has 1 rings (SSSR count). The maximum atomic E-state index is 11.0. The third-order valence-corrected chi connectivity index (χ3v) is 3.13. The molecule has 5 nitrogen and oxygen atoms in total. The fourth-order valence-corrected chi connectivity index (χ4v) is 2.03. The van der Waals surface area contributed by atoms with Gasteiger partial charge >= 0.3 is 5.97 Å². The Hall–Kier alpha value is -1.21. The summed E-state index contributed by atoms with van der Waals surface area (Å²) in [5.41, 5.74) is 0. The van der Waals surface area contributed by atoms with E-state index >= 15 is 0 Å². The summed E-state index contributed by atoms with van der Waals surface area (Å²) in [6, 6.07) is 0. The molecule has 0 saturated carbocycles. The van der Waals surface area contributed by atoms with E-state index in [1.165, 1.54) is 17.5 Å². The summed E-state index contributed by atoms with van der Waals surface area (Å²) in [5.74, 6) is -1.47. The predicted molar refractivity (Wildman–Crippen MR) is 52.6 cm³/mol. The number of rotatable bonds is 3. The molecule has 0 aliphatic carbocycles. The molecule has 0 unspecified atom stereocenters. The fourth-order valence-electron chi connectivity index (χ4n) is 0.745. The van der Waals surface area contributed by atoms with Gasteiger partial charge in [-0.25, -0.2) is 18.2 Å². The zero-order valence-corrected chi connectivity index (χ0v) is 8.80. The maximum absolute atomic E-state index is 11.0. The predicted octanol–water partition coefficient (Wildman–Crippen LogP) is 0.613. The number of sulfone groups is 1. The van der Waals surface area contributed by atoms with Crippen molar-refractivity contribution in [2.75, 3.05) is 6.26 Å². The van der Waals surface area contributed by atoms with E-state index in [0.717, 1.165) is 12.3 Å². The second kappa shape index (κ2) is 3.89. The largest absolute Gasteiger partial charge is 0.477 e. The molecule has 0 saturated heterocycles. The van der Waals surface area contributed by atoms with Gasteiger partial charge in [0.05, 0.1) is 0 Å². The van der Waals surface area contributed by atoms with Gasteiger partial charge in [-0.05, 0) is 0 Å². The topological polar surface area (TPSA) is 84.3 Å². The Morgan fingerprint density at radius 2 is 2.29 bits per heavy atom. The monoisotopic (exact) mass is 233 g/mol. The van der Waals surface area contributed by atoms with Crippen LogP contribution in [0.5, 0.6) is 0 Å². The van der Waals surface area contributed by atoms with E-state index in [2.05, 4.69) is 4.98 Å². The van der Waals surface area contributed by atoms with Crippen LogP contribution < -0.4 is 0 Å². The number of hydrogen-bond acceptors (Lipinski definition) is 5. The Morgan fingerprint density at radius 1 is 1.64 bits per heavy atom. The van der Waals surface area contributed by atoms with Crippen molar-refractivity contribution in [1.29, 1.82) is 0 Å². The van der Waals surface area contributed by atoms with Gasteiger partial charge in [-0.3, -0.25) is 0 Å². The lowest BCUT2D eigenvalue weighted by atomic mass is 10.5. The number of carboxylic acids is 1. The second-order valence-electron chi connectivity index (χ2n) is 2.46. The average Bonchev–Trinajstić information content (AvgIpc) is 2.48. The van der Waals surface area contributed by atoms with Gasteiger partial charge in [0.15, 0.2) is 14.7 Å². The first-order valence-electron chi connectivity index (χ1n) is 3.46. The molecule has 76 valence electrons. The van der Waals surface area contributed by atoms with Gasteiger partial charge < -0.3 is 5.11 Å². The van der Waals surface area contributed by atoms with Gasteiger partial charge in [0.25, 0.3) is 0 Å². The van der Waals surface area contributed by atoms with Crippen molar-refractivity contribution in [3.05, 3.63) is 21.5 Å². The summed E-state index contributed by atoms with van der Waals surface area (Å²) >= 11 is 1.17. The van der Waals surface area contributed by atoms with Crippen molar-refractivity contribution in [3.63, 3.8) is 0 Å². The van der Waals surface area contributed by atoms with Crippen molar-refractivity contribution in [3.8, 4) is 0 Å². The molecule has 14 heavy (non-hydrogen) atoms. The van der Waals surface area contributed by atoms with E-state index < -0.39 is 20.7 Å². The number of aromatic nitrogens is 1. The highest BCUT2D eigenvalue weighted by Gasteiger charge is 2.19. The highest BCUT2D eigenvalue weighted by molar-refractivity contribution is 7.95. The number of carbonyl (C=O) groups is 1. The van der Waals surface area contributed by atoms with Crippen molar-refractivity contribution >= 4 is 33.2 Å². The van der Waals surface area contributed by atoms with Crippen LogP contribution in [0.15, 0.2) is 16.5 Å². The lowest BCUT2D eigenvalue weighted by molar-refractivity contribution is -0.131. The quantitative estimate of drug-likeness (QED) is 0.773. The third-order valence-electron chi connectivity index (χ3n) is 1.32. The molecule has 1 N–H and O–H groups in total. The van der Waals surface area contributed by atoms with Gasteiger partial charge in [0, 0.05) is 23.9 Å². The van der Waals surface area contributed by atoms with E-state index in [4.69, 9.17) is 5.11 Å². The summed E-state index contributed by atoms with van der Waals surface area (Å²) in [5, 5.41) is 10.6. The first-order chi connectivity index (χ1) is 6.41. The van der Waals surface area contributed by atoms with Crippen LogP contribution >= 0.6 is 11.3 Å². The van der Waals surface area contributed by atoms with E-state index in [0.29, 0.717) is 5.01 Å². The van der Waals surface area contributed by atoms with E-state index in [9.17, 15) is 13.2 Å². The number of hydrogen-bond donors (Lipinski definition) is 1. The molecule has 1 aromatic heterocycles. The van der Waals surface area contributed by atoms with Crippen molar-refractivity contribution in [2.45, 2.75) is 0 Å². The van der Waals surface area contributed by atoms with Gasteiger partial charge in [0.1, 0.15) is 5.01 Å². The lowest BCUT2D eigenvalue weighted by Gasteiger charge is -1.96. The lowest BCUT2D eigenvalue weighted by Crippen LogP contribution is -2.10. The maximum Gasteiger partial charge on any atom is 0.347 e. The van der Waals surface area contributed by atoms with Crippen LogP contribution in [0.25, 0.3) is 6.08 Å². The summed E-state index contributed by atoms with van der Waals surface area (Å²) in [6.07, 6.45) is 3.36. The van der Waals surface area contributed by atoms with Crippen LogP contribution in [0.1, 0.15) is 5.01 Å². The van der Waals surface area contributed by atoms with E-state index in [-0.39, 0.29) is 0 Å². The van der Waals surface area contributed by atoms with Crippen LogP contribution in [0.4, 0.5) is 0 Å². The molecule has 0 fully saturated rings. The Bertz CT molecular complexity index is 458. The van der Waals surface area contributed by atoms with Crippen molar-refractivity contribution in [2.24, 2.45) is 0 Å². The standard InChI is InChI=1S/C7H7NO4S2/c1-14(11,12)5(7(9)10)4-6-8-2-3-13-6/h2-4H,1H3,(H,9,10)/b5-4-. The van der Waals surface area contributed by atoms with Crippen LogP contribution in [0.3, 0.4) is 0 Å². The third kappa shape index (κ3) is 2.64. The first kappa shape index (κ1) is 10.9. The molecule has 0 bridgehead atoms. The molecule has 1 heterocycles. The molecule has 0 aliphatic heterocycles. The first-order valence-corrected chi connectivity index (χ1v) is 6.23. The number of aliphatic carboxylic acids is 1. The van der Waals surface area contributed by atoms with E-state index in [1.807, 2.05) is 0 Å². The zero-order valence-electron chi connectivity index (χ0n) is 7.17. The SMILES string of the molecule is CS(=O)(=O)/C(=C\c1nccs1)C(=O)O. The summed E-state index contributed by atoms with van der Waals surface area (Å²) < 4.78 is 22.1. The second-order valence-corrected chi connectivity index (χ2v) is 5.37. The molecule has 0 aromatic carbocycles. The molecule has 1 aromatic rings. The van der Waals surface area contributed by atoms with Gasteiger partial charge in [-0.2, -0.15) is 0 Å². The van der Waals surface area contributed by atoms with Gasteiger partial charge in [-0.1, -0.05) is 0 Å². The Labute approximate surface area is 84.6 Å². The Balaban J connectivity index is 3.20. The fraction of sp³-hybridized carbons (Fsp3) is 0.143. The van der Waals surface area contributed by atoms with Crippen LogP contribution in [0, 0.1) is 0 Å². The normalized spacial score (nSPS) is 12.8.